The fourth-order valence-corrected chi connectivity index (χ4v) is 7.98. The molecule has 2 aromatic heterocycles. The lowest BCUT2D eigenvalue weighted by atomic mass is 9.92. The lowest BCUT2D eigenvalue weighted by molar-refractivity contribution is 0.669. The minimum Gasteiger partial charge on any atom is -0.456 e. The van der Waals surface area contributed by atoms with Crippen LogP contribution in [0.2, 0.25) is 0 Å². The average Bonchev–Trinajstić information content (AvgIpc) is 3.64. The van der Waals surface area contributed by atoms with E-state index < -0.39 is 0 Å². The Kier molecular flexibility index (Phi) is 7.14. The van der Waals surface area contributed by atoms with Gasteiger partial charge in [-0.05, 0) is 91.0 Å². The molecule has 0 amide bonds. The summed E-state index contributed by atoms with van der Waals surface area (Å²) < 4.78 is 6.36. The quantitative estimate of drug-likeness (QED) is 0.168. The second-order valence-electron chi connectivity index (χ2n) is 14.0. The third-order valence-corrected chi connectivity index (χ3v) is 10.7. The summed E-state index contributed by atoms with van der Waals surface area (Å²) in [5.41, 5.74) is 8.99. The molecule has 0 fully saturated rings. The second-order valence-corrected chi connectivity index (χ2v) is 14.0. The van der Waals surface area contributed by atoms with Crippen LogP contribution in [0, 0.1) is 0 Å². The van der Waals surface area contributed by atoms with Crippen molar-refractivity contribution in [2.24, 2.45) is 0 Å². The molecular weight excluding hydrogens is 671 g/mol. The van der Waals surface area contributed by atoms with Gasteiger partial charge in [-0.2, -0.15) is 0 Å². The molecule has 9 aromatic carbocycles. The molecule has 55 heavy (non-hydrogen) atoms. The van der Waals surface area contributed by atoms with E-state index in [0.717, 1.165) is 82.4 Å². The molecule has 0 aliphatic heterocycles. The molecule has 0 radical (unpaired) electrons. The highest BCUT2D eigenvalue weighted by Crippen LogP contribution is 2.40. The van der Waals surface area contributed by atoms with Gasteiger partial charge in [0.25, 0.3) is 0 Å². The van der Waals surface area contributed by atoms with Crippen LogP contribution in [0.1, 0.15) is 0 Å². The summed E-state index contributed by atoms with van der Waals surface area (Å²) in [6, 6.07) is 65.8. The van der Waals surface area contributed by atoms with Crippen LogP contribution in [0.5, 0.6) is 0 Å². The SMILES string of the molecule is c1ccc(-c2ccc3cccc(-c4nc(-c5ccccc5)nc(-c5cc(-c6ccc7c(c6)oc6ccccc67)cc6c5ccc5ccccc56)n4)c3c2)cc1. The van der Waals surface area contributed by atoms with Gasteiger partial charge in [-0.25, -0.2) is 15.0 Å². The first-order valence-electron chi connectivity index (χ1n) is 18.5. The van der Waals surface area contributed by atoms with Crippen LogP contribution in [0.25, 0.3) is 111 Å². The van der Waals surface area contributed by atoms with Crippen molar-refractivity contribution in [1.29, 1.82) is 0 Å². The van der Waals surface area contributed by atoms with Crippen molar-refractivity contribution < 1.29 is 4.42 Å². The molecule has 11 aromatic rings. The van der Waals surface area contributed by atoms with Gasteiger partial charge in [-0.1, -0.05) is 152 Å². The zero-order valence-electron chi connectivity index (χ0n) is 29.6. The van der Waals surface area contributed by atoms with Crippen molar-refractivity contribution in [3.63, 3.8) is 0 Å². The first-order chi connectivity index (χ1) is 27.2. The molecule has 0 spiro atoms. The topological polar surface area (TPSA) is 51.8 Å². The van der Waals surface area contributed by atoms with Crippen molar-refractivity contribution in [1.82, 2.24) is 15.0 Å². The van der Waals surface area contributed by atoms with Crippen molar-refractivity contribution in [2.75, 3.05) is 0 Å². The molecule has 0 unspecified atom stereocenters. The Morgan fingerprint density at radius 2 is 0.855 bits per heavy atom. The largest absolute Gasteiger partial charge is 0.456 e. The van der Waals surface area contributed by atoms with Crippen molar-refractivity contribution >= 4 is 54.3 Å². The molecule has 0 aliphatic rings. The number of benzene rings is 9. The predicted octanol–water partition coefficient (Wildman–Crippen LogP) is 13.6. The van der Waals surface area contributed by atoms with Crippen LogP contribution in [0.3, 0.4) is 0 Å². The summed E-state index contributed by atoms with van der Waals surface area (Å²) in [6.45, 7) is 0. The average molecular weight is 702 g/mol. The van der Waals surface area contributed by atoms with E-state index in [1.165, 1.54) is 10.8 Å². The van der Waals surface area contributed by atoms with Crippen molar-refractivity contribution in [3.05, 3.63) is 188 Å². The highest BCUT2D eigenvalue weighted by Gasteiger charge is 2.19. The molecule has 0 saturated heterocycles. The van der Waals surface area contributed by atoms with Crippen LogP contribution in [-0.2, 0) is 0 Å². The maximum absolute atomic E-state index is 6.36. The third-order valence-electron chi connectivity index (χ3n) is 10.7. The maximum atomic E-state index is 6.36. The van der Waals surface area contributed by atoms with Crippen LogP contribution < -0.4 is 0 Å². The first-order valence-corrected chi connectivity index (χ1v) is 18.5. The number of furan rings is 1. The van der Waals surface area contributed by atoms with Gasteiger partial charge in [0.1, 0.15) is 11.2 Å². The third kappa shape index (κ3) is 5.34. The number of hydrogen-bond donors (Lipinski definition) is 0. The van der Waals surface area contributed by atoms with Crippen molar-refractivity contribution in [2.45, 2.75) is 0 Å². The summed E-state index contributed by atoms with van der Waals surface area (Å²) in [7, 11) is 0. The molecule has 0 saturated carbocycles. The minimum atomic E-state index is 0.618. The zero-order chi connectivity index (χ0) is 36.3. The summed E-state index contributed by atoms with van der Waals surface area (Å²) >= 11 is 0. The molecule has 2 heterocycles. The van der Waals surface area contributed by atoms with E-state index >= 15 is 0 Å². The molecule has 4 heteroatoms. The Labute approximate surface area is 317 Å². The summed E-state index contributed by atoms with van der Waals surface area (Å²) in [5, 5.41) is 8.99. The van der Waals surface area contributed by atoms with Gasteiger partial charge >= 0.3 is 0 Å². The van der Waals surface area contributed by atoms with E-state index in [1.54, 1.807) is 0 Å². The fourth-order valence-electron chi connectivity index (χ4n) is 7.98. The second kappa shape index (κ2) is 12.6. The van der Waals surface area contributed by atoms with Gasteiger partial charge in [0.05, 0.1) is 0 Å². The van der Waals surface area contributed by atoms with Gasteiger partial charge in [-0.3, -0.25) is 0 Å². The van der Waals surface area contributed by atoms with Gasteiger partial charge in [0, 0.05) is 27.5 Å². The first kappa shape index (κ1) is 31.1. The molecule has 4 nitrogen and oxygen atoms in total. The van der Waals surface area contributed by atoms with E-state index in [2.05, 4.69) is 152 Å². The summed E-state index contributed by atoms with van der Waals surface area (Å²) in [5.74, 6) is 1.87. The Bertz CT molecular complexity index is 3260. The standard InChI is InChI=1S/C51H31N3O/c1-3-12-32(13-4-1)36-23-22-34-17-11-20-43(44(34)28-36)50-52-49(35-15-5-2-6-16-35)53-51(54-50)46-30-38(29-45-39-18-8-7-14-33(39)24-26-40(45)46)37-25-27-42-41-19-9-10-21-47(41)55-48(42)31-37/h1-31H. The molecule has 0 N–H and O–H groups in total. The molecule has 256 valence electrons. The van der Waals surface area contributed by atoms with Gasteiger partial charge in [0.2, 0.25) is 0 Å². The molecule has 0 bridgehead atoms. The summed E-state index contributed by atoms with van der Waals surface area (Å²) in [4.78, 5) is 15.8. The van der Waals surface area contributed by atoms with E-state index in [9.17, 15) is 0 Å². The van der Waals surface area contributed by atoms with Crippen LogP contribution >= 0.6 is 0 Å². The number of para-hydroxylation sites is 1. The smallest absolute Gasteiger partial charge is 0.164 e. The molecule has 0 atom stereocenters. The predicted molar refractivity (Wildman–Crippen MR) is 227 cm³/mol. The lowest BCUT2D eigenvalue weighted by Gasteiger charge is -2.15. The number of rotatable bonds is 5. The Balaban J connectivity index is 1.18. The van der Waals surface area contributed by atoms with Gasteiger partial charge < -0.3 is 4.42 Å². The highest BCUT2D eigenvalue weighted by atomic mass is 16.3. The number of nitrogens with zero attached hydrogens (tertiary/aromatic N) is 3. The van der Waals surface area contributed by atoms with E-state index in [4.69, 9.17) is 19.4 Å². The Hall–Kier alpha value is -7.43. The molecular formula is C51H31N3O. The fraction of sp³-hybridized carbons (Fsp3) is 0. The van der Waals surface area contributed by atoms with Crippen molar-refractivity contribution in [3.8, 4) is 56.4 Å². The number of fused-ring (bicyclic) bond motifs is 7. The highest BCUT2D eigenvalue weighted by molar-refractivity contribution is 6.14. The number of aromatic nitrogens is 3. The van der Waals surface area contributed by atoms with E-state index in [-0.39, 0.29) is 0 Å². The van der Waals surface area contributed by atoms with E-state index in [0.29, 0.717) is 17.5 Å². The van der Waals surface area contributed by atoms with Crippen LogP contribution in [-0.4, -0.2) is 15.0 Å². The van der Waals surface area contributed by atoms with E-state index in [1.807, 2.05) is 36.4 Å². The van der Waals surface area contributed by atoms with Gasteiger partial charge in [0.15, 0.2) is 17.5 Å². The molecule has 11 rings (SSSR count). The summed E-state index contributed by atoms with van der Waals surface area (Å²) in [6.07, 6.45) is 0. The molecule has 0 aliphatic carbocycles. The zero-order valence-corrected chi connectivity index (χ0v) is 29.6. The Morgan fingerprint density at radius 1 is 0.273 bits per heavy atom. The van der Waals surface area contributed by atoms with Gasteiger partial charge in [-0.15, -0.1) is 0 Å². The monoisotopic (exact) mass is 701 g/mol. The van der Waals surface area contributed by atoms with Crippen LogP contribution in [0.15, 0.2) is 192 Å². The lowest BCUT2D eigenvalue weighted by Crippen LogP contribution is -2.01. The van der Waals surface area contributed by atoms with Crippen LogP contribution in [0.4, 0.5) is 0 Å². The maximum Gasteiger partial charge on any atom is 0.164 e. The number of hydrogen-bond acceptors (Lipinski definition) is 4. The minimum absolute atomic E-state index is 0.618. The Morgan fingerprint density at radius 3 is 1.71 bits per heavy atom. The normalized spacial score (nSPS) is 11.6.